The van der Waals surface area contributed by atoms with Crippen LogP contribution in [0, 0.1) is 5.82 Å². The van der Waals surface area contributed by atoms with Crippen LogP contribution in [-0.2, 0) is 4.79 Å². The maximum absolute atomic E-state index is 13.5. The quantitative estimate of drug-likeness (QED) is 0.445. The molecule has 2 atom stereocenters. The Morgan fingerprint density at radius 2 is 1.75 bits per heavy atom. The van der Waals surface area contributed by atoms with Crippen LogP contribution in [0.2, 0.25) is 0 Å². The largest absolute Gasteiger partial charge is 0.325 e. The van der Waals surface area contributed by atoms with Crippen molar-refractivity contribution in [1.29, 1.82) is 0 Å². The molecule has 1 aromatic heterocycles. The van der Waals surface area contributed by atoms with Gasteiger partial charge in [-0.15, -0.1) is 10.2 Å². The number of benzene rings is 2. The van der Waals surface area contributed by atoms with Crippen LogP contribution in [0.25, 0.3) is 5.69 Å². The van der Waals surface area contributed by atoms with E-state index in [1.165, 1.54) is 29.5 Å². The summed E-state index contributed by atoms with van der Waals surface area (Å²) < 4.78 is 15.3. The van der Waals surface area contributed by atoms with Crippen LogP contribution in [0.1, 0.15) is 50.5 Å². The SMILES string of the molecule is CC[C@H](C)c1ccc(NC(=O)CSc2nnc([C@H](C)N(C)C)n2-c2ccc(F)cc2)cc1. The van der Waals surface area contributed by atoms with Crippen LogP contribution >= 0.6 is 11.8 Å². The van der Waals surface area contributed by atoms with Crippen molar-refractivity contribution >= 4 is 23.4 Å². The summed E-state index contributed by atoms with van der Waals surface area (Å²) >= 11 is 1.30. The number of anilines is 1. The zero-order valence-corrected chi connectivity index (χ0v) is 20.0. The first-order valence-corrected chi connectivity index (χ1v) is 11.7. The summed E-state index contributed by atoms with van der Waals surface area (Å²) in [5, 5.41) is 12.2. The molecule has 0 aliphatic rings. The van der Waals surface area contributed by atoms with Gasteiger partial charge < -0.3 is 5.32 Å². The van der Waals surface area contributed by atoms with Crippen molar-refractivity contribution in [3.05, 3.63) is 65.7 Å². The summed E-state index contributed by atoms with van der Waals surface area (Å²) in [5.41, 5.74) is 2.78. The predicted molar refractivity (Wildman–Crippen MR) is 128 cm³/mol. The van der Waals surface area contributed by atoms with E-state index < -0.39 is 0 Å². The Labute approximate surface area is 193 Å². The summed E-state index contributed by atoms with van der Waals surface area (Å²) in [6.45, 7) is 6.37. The van der Waals surface area contributed by atoms with Gasteiger partial charge in [0.15, 0.2) is 11.0 Å². The van der Waals surface area contributed by atoms with E-state index in [9.17, 15) is 9.18 Å². The molecule has 0 aliphatic carbocycles. The molecule has 32 heavy (non-hydrogen) atoms. The van der Waals surface area contributed by atoms with Crippen molar-refractivity contribution in [2.24, 2.45) is 0 Å². The molecule has 0 saturated heterocycles. The number of halogens is 1. The predicted octanol–water partition coefficient (Wildman–Crippen LogP) is 5.27. The van der Waals surface area contributed by atoms with Crippen LogP contribution in [-0.4, -0.2) is 45.4 Å². The Morgan fingerprint density at radius 3 is 2.34 bits per heavy atom. The molecule has 8 heteroatoms. The number of nitrogens with one attached hydrogen (secondary N) is 1. The Morgan fingerprint density at radius 1 is 1.09 bits per heavy atom. The van der Waals surface area contributed by atoms with Gasteiger partial charge in [-0.2, -0.15) is 0 Å². The third-order valence-corrected chi connectivity index (χ3v) is 6.53. The summed E-state index contributed by atoms with van der Waals surface area (Å²) in [6.07, 6.45) is 1.07. The normalized spacial score (nSPS) is 13.2. The van der Waals surface area contributed by atoms with E-state index >= 15 is 0 Å². The molecule has 0 aliphatic heterocycles. The first-order valence-electron chi connectivity index (χ1n) is 10.7. The Kier molecular flexibility index (Phi) is 8.04. The van der Waals surface area contributed by atoms with Crippen molar-refractivity contribution < 1.29 is 9.18 Å². The minimum absolute atomic E-state index is 0.0141. The van der Waals surface area contributed by atoms with E-state index in [4.69, 9.17) is 0 Å². The molecule has 0 spiro atoms. The maximum atomic E-state index is 13.5. The fourth-order valence-electron chi connectivity index (χ4n) is 3.17. The standard InChI is InChI=1S/C24H30FN5OS/c1-6-16(2)18-7-11-20(12-8-18)26-22(31)15-32-24-28-27-23(17(3)29(4)5)30(24)21-13-9-19(25)10-14-21/h7-14,16-17H,6,15H2,1-5H3,(H,26,31)/t16-,17-/m0/s1. The molecule has 1 N–H and O–H groups in total. The number of rotatable bonds is 9. The monoisotopic (exact) mass is 455 g/mol. The molecule has 0 radical (unpaired) electrons. The molecule has 0 bridgehead atoms. The Hall–Kier alpha value is -2.71. The van der Waals surface area contributed by atoms with E-state index in [2.05, 4.69) is 41.5 Å². The molecule has 3 aromatic rings. The lowest BCUT2D eigenvalue weighted by molar-refractivity contribution is -0.113. The molecule has 2 aromatic carbocycles. The van der Waals surface area contributed by atoms with E-state index in [-0.39, 0.29) is 23.5 Å². The van der Waals surface area contributed by atoms with Crippen LogP contribution < -0.4 is 5.32 Å². The molecule has 1 amide bonds. The van der Waals surface area contributed by atoms with Gasteiger partial charge in [-0.1, -0.05) is 37.7 Å². The molecule has 6 nitrogen and oxygen atoms in total. The van der Waals surface area contributed by atoms with Crippen molar-refractivity contribution in [3.8, 4) is 5.69 Å². The minimum Gasteiger partial charge on any atom is -0.325 e. The third-order valence-electron chi connectivity index (χ3n) is 5.60. The number of thioether (sulfide) groups is 1. The Balaban J connectivity index is 1.74. The van der Waals surface area contributed by atoms with Gasteiger partial charge in [-0.05, 0) is 75.3 Å². The lowest BCUT2D eigenvalue weighted by Gasteiger charge is -2.20. The van der Waals surface area contributed by atoms with Gasteiger partial charge in [-0.3, -0.25) is 14.3 Å². The van der Waals surface area contributed by atoms with E-state index in [1.807, 2.05) is 42.6 Å². The summed E-state index contributed by atoms with van der Waals surface area (Å²) in [7, 11) is 3.92. The molecule has 170 valence electrons. The lowest BCUT2D eigenvalue weighted by Crippen LogP contribution is -2.21. The first-order chi connectivity index (χ1) is 15.3. The fourth-order valence-corrected chi connectivity index (χ4v) is 3.93. The number of carbonyl (C=O) groups excluding carboxylic acids is 1. The van der Waals surface area contributed by atoms with Gasteiger partial charge in [0.05, 0.1) is 11.8 Å². The first kappa shape index (κ1) is 23.9. The summed E-state index contributed by atoms with van der Waals surface area (Å²) in [5.74, 6) is 0.971. The van der Waals surface area contributed by atoms with Gasteiger partial charge in [0, 0.05) is 11.4 Å². The third kappa shape index (κ3) is 5.75. The smallest absolute Gasteiger partial charge is 0.234 e. The van der Waals surface area contributed by atoms with E-state index in [0.29, 0.717) is 11.1 Å². The van der Waals surface area contributed by atoms with Crippen LogP contribution in [0.3, 0.4) is 0 Å². The van der Waals surface area contributed by atoms with Gasteiger partial charge in [-0.25, -0.2) is 4.39 Å². The summed E-state index contributed by atoms with van der Waals surface area (Å²) in [4.78, 5) is 14.6. The molecule has 0 fully saturated rings. The number of carbonyl (C=O) groups is 1. The van der Waals surface area contributed by atoms with Crippen LogP contribution in [0.5, 0.6) is 0 Å². The second-order valence-corrected chi connectivity index (χ2v) is 9.00. The minimum atomic E-state index is -0.308. The molecule has 0 saturated carbocycles. The highest BCUT2D eigenvalue weighted by Gasteiger charge is 2.21. The van der Waals surface area contributed by atoms with Gasteiger partial charge in [0.1, 0.15) is 5.82 Å². The molecule has 1 heterocycles. The van der Waals surface area contributed by atoms with Gasteiger partial charge in [0.25, 0.3) is 0 Å². The highest BCUT2D eigenvalue weighted by atomic mass is 32.2. The second kappa shape index (κ2) is 10.7. The number of hydrogen-bond acceptors (Lipinski definition) is 5. The zero-order valence-electron chi connectivity index (χ0n) is 19.2. The maximum Gasteiger partial charge on any atom is 0.234 e. The van der Waals surface area contributed by atoms with Crippen molar-refractivity contribution in [3.63, 3.8) is 0 Å². The van der Waals surface area contributed by atoms with Gasteiger partial charge >= 0.3 is 0 Å². The number of hydrogen-bond donors (Lipinski definition) is 1. The van der Waals surface area contributed by atoms with E-state index in [1.54, 1.807) is 12.1 Å². The van der Waals surface area contributed by atoms with Crippen LogP contribution in [0.15, 0.2) is 53.7 Å². The Bertz CT molecular complexity index is 1030. The van der Waals surface area contributed by atoms with E-state index in [0.717, 1.165) is 23.6 Å². The van der Waals surface area contributed by atoms with Crippen molar-refractivity contribution in [1.82, 2.24) is 19.7 Å². The van der Waals surface area contributed by atoms with Gasteiger partial charge in [0.2, 0.25) is 5.91 Å². The molecular weight excluding hydrogens is 425 g/mol. The molecule has 3 rings (SSSR count). The molecule has 0 unspecified atom stereocenters. The lowest BCUT2D eigenvalue weighted by atomic mass is 9.99. The second-order valence-electron chi connectivity index (χ2n) is 8.06. The fraction of sp³-hybridized carbons (Fsp3) is 0.375. The highest BCUT2D eigenvalue weighted by molar-refractivity contribution is 7.99. The van der Waals surface area contributed by atoms with Crippen molar-refractivity contribution in [2.75, 3.05) is 25.2 Å². The number of amides is 1. The number of nitrogens with zero attached hydrogens (tertiary/aromatic N) is 4. The average Bonchev–Trinajstić information content (AvgIpc) is 3.21. The molecular formula is C24H30FN5OS. The highest BCUT2D eigenvalue weighted by Crippen LogP contribution is 2.27. The number of aromatic nitrogens is 3. The average molecular weight is 456 g/mol. The topological polar surface area (TPSA) is 63.1 Å². The van der Waals surface area contributed by atoms with Crippen LogP contribution in [0.4, 0.5) is 10.1 Å². The summed E-state index contributed by atoms with van der Waals surface area (Å²) in [6, 6.07) is 14.1. The van der Waals surface area contributed by atoms with Crippen molar-refractivity contribution in [2.45, 2.75) is 44.3 Å². The zero-order chi connectivity index (χ0) is 23.3.